The summed E-state index contributed by atoms with van der Waals surface area (Å²) in [4.78, 5) is 11.4. The topological polar surface area (TPSA) is 67.2 Å². The zero-order chi connectivity index (χ0) is 14.5. The van der Waals surface area contributed by atoms with Gasteiger partial charge in [-0.1, -0.05) is 13.0 Å². The average molecular weight is 275 g/mol. The fraction of sp³-hybridized carbons (Fsp3) is 0.417. The first-order valence-electron chi connectivity index (χ1n) is 5.83. The molecule has 0 unspecified atom stereocenters. The maximum Gasteiger partial charge on any atom is 0.416 e. The molecule has 0 heterocycles. The largest absolute Gasteiger partial charge is 0.416 e. The van der Waals surface area contributed by atoms with Gasteiger partial charge in [0.05, 0.1) is 5.56 Å². The highest BCUT2D eigenvalue weighted by Crippen LogP contribution is 2.33. The Bertz CT molecular complexity index is 446. The Hall–Kier alpha value is -1.76. The quantitative estimate of drug-likeness (QED) is 0.791. The summed E-state index contributed by atoms with van der Waals surface area (Å²) in [6.45, 7) is 2.12. The maximum absolute atomic E-state index is 12.8. The van der Waals surface area contributed by atoms with Crippen molar-refractivity contribution >= 4 is 11.7 Å². The van der Waals surface area contributed by atoms with Gasteiger partial charge >= 0.3 is 12.2 Å². The van der Waals surface area contributed by atoms with Gasteiger partial charge in [0, 0.05) is 18.8 Å². The first kappa shape index (κ1) is 15.3. The van der Waals surface area contributed by atoms with Crippen LogP contribution in [0.15, 0.2) is 18.2 Å². The lowest BCUT2D eigenvalue weighted by Crippen LogP contribution is -2.29. The van der Waals surface area contributed by atoms with Gasteiger partial charge in [-0.05, 0) is 24.1 Å². The van der Waals surface area contributed by atoms with Gasteiger partial charge in [-0.3, -0.25) is 0 Å². The molecule has 1 aromatic carbocycles. The number of carbonyl (C=O) groups is 1. The van der Waals surface area contributed by atoms with Crippen LogP contribution < -0.4 is 16.4 Å². The van der Waals surface area contributed by atoms with Crippen LogP contribution in [0.2, 0.25) is 0 Å². The van der Waals surface area contributed by atoms with Gasteiger partial charge in [0.1, 0.15) is 0 Å². The lowest BCUT2D eigenvalue weighted by Gasteiger charge is -2.14. The Kier molecular flexibility index (Phi) is 5.17. The highest BCUT2D eigenvalue weighted by atomic mass is 19.4. The molecule has 4 nitrogen and oxygen atoms in total. The number of halogens is 3. The van der Waals surface area contributed by atoms with E-state index in [9.17, 15) is 18.0 Å². The molecular formula is C12H16F3N3O. The fourth-order valence-corrected chi connectivity index (χ4v) is 1.51. The Morgan fingerprint density at radius 3 is 2.58 bits per heavy atom. The Morgan fingerprint density at radius 1 is 1.37 bits per heavy atom. The molecule has 0 radical (unpaired) electrons. The first-order valence-corrected chi connectivity index (χ1v) is 5.83. The molecule has 0 aliphatic rings. The van der Waals surface area contributed by atoms with Gasteiger partial charge in [-0.25, -0.2) is 4.79 Å². The standard InChI is InChI=1S/C12H16F3N3O/c1-2-5-17-11(19)18-9-4-3-8(7-16)10(6-9)12(13,14)15/h3-4,6H,2,5,7,16H2,1H3,(H2,17,18,19). The number of rotatable bonds is 4. The Balaban J connectivity index is 2.90. The molecule has 7 heteroatoms. The molecule has 0 aliphatic heterocycles. The van der Waals surface area contributed by atoms with Crippen molar-refractivity contribution in [3.63, 3.8) is 0 Å². The second kappa shape index (κ2) is 6.42. The minimum absolute atomic E-state index is 0.00739. The first-order chi connectivity index (χ1) is 8.88. The lowest BCUT2D eigenvalue weighted by atomic mass is 10.1. The van der Waals surface area contributed by atoms with Crippen molar-refractivity contribution < 1.29 is 18.0 Å². The summed E-state index contributed by atoms with van der Waals surface area (Å²) >= 11 is 0. The molecule has 0 saturated carbocycles. The van der Waals surface area contributed by atoms with E-state index < -0.39 is 17.8 Å². The molecule has 1 rings (SSSR count). The monoisotopic (exact) mass is 275 g/mol. The molecule has 2 amide bonds. The molecule has 0 aliphatic carbocycles. The molecular weight excluding hydrogens is 259 g/mol. The van der Waals surface area contributed by atoms with Gasteiger partial charge in [0.2, 0.25) is 0 Å². The highest BCUT2D eigenvalue weighted by Gasteiger charge is 2.33. The predicted octanol–water partition coefficient (Wildman–Crippen LogP) is 2.70. The molecule has 0 spiro atoms. The number of amides is 2. The van der Waals surface area contributed by atoms with Crippen molar-refractivity contribution in [2.24, 2.45) is 5.73 Å². The summed E-state index contributed by atoms with van der Waals surface area (Å²) in [6.07, 6.45) is -3.75. The van der Waals surface area contributed by atoms with E-state index in [4.69, 9.17) is 5.73 Å². The van der Waals surface area contributed by atoms with Crippen LogP contribution in [0.25, 0.3) is 0 Å². The average Bonchev–Trinajstić information content (AvgIpc) is 2.35. The molecule has 0 aromatic heterocycles. The van der Waals surface area contributed by atoms with E-state index in [-0.39, 0.29) is 17.8 Å². The lowest BCUT2D eigenvalue weighted by molar-refractivity contribution is -0.138. The summed E-state index contributed by atoms with van der Waals surface area (Å²) in [7, 11) is 0. The van der Waals surface area contributed by atoms with E-state index in [1.807, 2.05) is 6.92 Å². The number of anilines is 1. The smallest absolute Gasteiger partial charge is 0.338 e. The number of urea groups is 1. The SMILES string of the molecule is CCCNC(=O)Nc1ccc(CN)c(C(F)(F)F)c1. The van der Waals surface area contributed by atoms with Crippen LogP contribution in [0.5, 0.6) is 0 Å². The van der Waals surface area contributed by atoms with E-state index in [2.05, 4.69) is 10.6 Å². The van der Waals surface area contributed by atoms with Gasteiger partial charge in [0.25, 0.3) is 0 Å². The van der Waals surface area contributed by atoms with Crippen LogP contribution in [-0.2, 0) is 12.7 Å². The molecule has 0 atom stereocenters. The second-order valence-electron chi connectivity index (χ2n) is 3.95. The molecule has 0 fully saturated rings. The van der Waals surface area contributed by atoms with Gasteiger partial charge in [-0.2, -0.15) is 13.2 Å². The maximum atomic E-state index is 12.8. The molecule has 4 N–H and O–H groups in total. The summed E-state index contributed by atoms with van der Waals surface area (Å²) in [5.74, 6) is 0. The minimum atomic E-state index is -4.49. The van der Waals surface area contributed by atoms with Crippen LogP contribution in [0.4, 0.5) is 23.7 Å². The van der Waals surface area contributed by atoms with E-state index in [1.165, 1.54) is 12.1 Å². The van der Waals surface area contributed by atoms with E-state index >= 15 is 0 Å². The van der Waals surface area contributed by atoms with Crippen molar-refractivity contribution in [2.75, 3.05) is 11.9 Å². The number of hydrogen-bond donors (Lipinski definition) is 3. The summed E-state index contributed by atoms with van der Waals surface area (Å²) in [6, 6.07) is 3.00. The zero-order valence-electron chi connectivity index (χ0n) is 10.5. The summed E-state index contributed by atoms with van der Waals surface area (Å²) in [5.41, 5.74) is 4.51. The van der Waals surface area contributed by atoms with Gasteiger partial charge < -0.3 is 16.4 Å². The normalized spacial score (nSPS) is 11.2. The fourth-order valence-electron chi connectivity index (χ4n) is 1.51. The number of carbonyl (C=O) groups excluding carboxylic acids is 1. The van der Waals surface area contributed by atoms with Crippen LogP contribution in [-0.4, -0.2) is 12.6 Å². The number of alkyl halides is 3. The van der Waals surface area contributed by atoms with Crippen molar-refractivity contribution in [1.82, 2.24) is 5.32 Å². The van der Waals surface area contributed by atoms with E-state index in [0.717, 1.165) is 12.5 Å². The van der Waals surface area contributed by atoms with E-state index in [0.29, 0.717) is 6.54 Å². The molecule has 1 aromatic rings. The predicted molar refractivity (Wildman–Crippen MR) is 66.6 cm³/mol. The molecule has 0 saturated heterocycles. The van der Waals surface area contributed by atoms with E-state index in [1.54, 1.807) is 0 Å². The van der Waals surface area contributed by atoms with Crippen molar-refractivity contribution in [3.8, 4) is 0 Å². The van der Waals surface area contributed by atoms with Crippen molar-refractivity contribution in [1.29, 1.82) is 0 Å². The third kappa shape index (κ3) is 4.44. The van der Waals surface area contributed by atoms with Crippen LogP contribution in [0.1, 0.15) is 24.5 Å². The van der Waals surface area contributed by atoms with Crippen LogP contribution in [0.3, 0.4) is 0 Å². The van der Waals surface area contributed by atoms with Crippen molar-refractivity contribution in [3.05, 3.63) is 29.3 Å². The minimum Gasteiger partial charge on any atom is -0.338 e. The van der Waals surface area contributed by atoms with Gasteiger partial charge in [-0.15, -0.1) is 0 Å². The Morgan fingerprint density at radius 2 is 2.05 bits per heavy atom. The zero-order valence-corrected chi connectivity index (χ0v) is 10.5. The molecule has 19 heavy (non-hydrogen) atoms. The highest BCUT2D eigenvalue weighted by molar-refractivity contribution is 5.89. The van der Waals surface area contributed by atoms with Crippen LogP contribution in [0, 0.1) is 0 Å². The third-order valence-corrected chi connectivity index (χ3v) is 2.43. The number of nitrogens with two attached hydrogens (primary N) is 1. The Labute approximate surface area is 109 Å². The molecule has 106 valence electrons. The number of hydrogen-bond acceptors (Lipinski definition) is 2. The third-order valence-electron chi connectivity index (χ3n) is 2.43. The number of nitrogens with one attached hydrogen (secondary N) is 2. The molecule has 0 bridgehead atoms. The number of benzene rings is 1. The summed E-state index contributed by atoms with van der Waals surface area (Å²) in [5, 5.41) is 4.86. The summed E-state index contributed by atoms with van der Waals surface area (Å²) < 4.78 is 38.3. The second-order valence-corrected chi connectivity index (χ2v) is 3.95. The van der Waals surface area contributed by atoms with Gasteiger partial charge in [0.15, 0.2) is 0 Å². The van der Waals surface area contributed by atoms with Crippen molar-refractivity contribution in [2.45, 2.75) is 26.1 Å². The van der Waals surface area contributed by atoms with Crippen LogP contribution >= 0.6 is 0 Å².